The average molecular weight is 311 g/mol. The smallest absolute Gasteiger partial charge is 0.342 e. The van der Waals surface area contributed by atoms with Crippen LogP contribution in [-0.4, -0.2) is 30.1 Å². The molecule has 1 aliphatic rings. The average Bonchev–Trinajstić information content (AvgIpc) is 3.01. The number of hydrogen-bond donors (Lipinski definition) is 0. The van der Waals surface area contributed by atoms with Crippen LogP contribution in [0, 0.1) is 18.3 Å². The van der Waals surface area contributed by atoms with Gasteiger partial charge in [0.2, 0.25) is 0 Å². The lowest BCUT2D eigenvalue weighted by atomic mass is 10.1. The monoisotopic (exact) mass is 311 g/mol. The summed E-state index contributed by atoms with van der Waals surface area (Å²) in [6, 6.07) is 7.16. The van der Waals surface area contributed by atoms with Gasteiger partial charge in [0.05, 0.1) is 24.4 Å². The van der Waals surface area contributed by atoms with E-state index >= 15 is 0 Å². The molecule has 0 N–H and O–H groups in total. The summed E-state index contributed by atoms with van der Waals surface area (Å²) in [6.45, 7) is 3.15. The fourth-order valence-electron chi connectivity index (χ4n) is 2.71. The Hall–Kier alpha value is -2.81. The number of nitrogens with zero attached hydrogens (tertiary/aromatic N) is 3. The Morgan fingerprint density at radius 2 is 2.39 bits per heavy atom. The predicted octanol–water partition coefficient (Wildman–Crippen LogP) is 2.68. The molecule has 0 aliphatic carbocycles. The third-order valence-corrected chi connectivity index (χ3v) is 3.93. The molecule has 0 aromatic carbocycles. The number of pyridine rings is 1. The normalized spacial score (nSPS) is 17.6. The third-order valence-electron chi connectivity index (χ3n) is 3.93. The highest BCUT2D eigenvalue weighted by Crippen LogP contribution is 2.21. The van der Waals surface area contributed by atoms with Gasteiger partial charge in [0.1, 0.15) is 23.2 Å². The molecular formula is C17H17N3O3. The first-order valence-electron chi connectivity index (χ1n) is 7.53. The van der Waals surface area contributed by atoms with Crippen LogP contribution in [0.5, 0.6) is 0 Å². The highest BCUT2D eigenvalue weighted by molar-refractivity contribution is 5.90. The van der Waals surface area contributed by atoms with Crippen molar-refractivity contribution in [3.63, 3.8) is 0 Å². The fraction of sp³-hybridized carbons (Fsp3) is 0.353. The summed E-state index contributed by atoms with van der Waals surface area (Å²) in [7, 11) is 0. The van der Waals surface area contributed by atoms with Crippen LogP contribution >= 0.6 is 0 Å². The van der Waals surface area contributed by atoms with E-state index < -0.39 is 0 Å². The van der Waals surface area contributed by atoms with E-state index in [2.05, 4.69) is 11.1 Å². The number of ether oxygens (including phenoxy) is 1. The largest absolute Gasteiger partial charge is 0.469 e. The Morgan fingerprint density at radius 1 is 1.52 bits per heavy atom. The Morgan fingerprint density at radius 3 is 3.13 bits per heavy atom. The Labute approximate surface area is 134 Å². The molecule has 2 aromatic heterocycles. The van der Waals surface area contributed by atoms with Crippen LogP contribution in [0.2, 0.25) is 0 Å². The van der Waals surface area contributed by atoms with E-state index in [0.29, 0.717) is 23.4 Å². The third kappa shape index (κ3) is 3.34. The number of carbonyl (C=O) groups excluding carboxylic acids is 1. The summed E-state index contributed by atoms with van der Waals surface area (Å²) >= 11 is 0. The van der Waals surface area contributed by atoms with E-state index in [9.17, 15) is 4.79 Å². The van der Waals surface area contributed by atoms with E-state index in [-0.39, 0.29) is 12.1 Å². The summed E-state index contributed by atoms with van der Waals surface area (Å²) in [5.41, 5.74) is 1.04. The molecule has 3 rings (SSSR count). The fourth-order valence-corrected chi connectivity index (χ4v) is 2.71. The molecule has 6 heteroatoms. The number of nitriles is 1. The lowest BCUT2D eigenvalue weighted by Crippen LogP contribution is -2.41. The van der Waals surface area contributed by atoms with Gasteiger partial charge >= 0.3 is 5.97 Å². The van der Waals surface area contributed by atoms with Crippen molar-refractivity contribution in [2.75, 3.05) is 18.0 Å². The quantitative estimate of drug-likeness (QED) is 0.811. The number of anilines is 1. The van der Waals surface area contributed by atoms with Crippen LogP contribution < -0.4 is 4.90 Å². The van der Waals surface area contributed by atoms with Crippen molar-refractivity contribution < 1.29 is 13.9 Å². The molecule has 1 fully saturated rings. The van der Waals surface area contributed by atoms with Gasteiger partial charge in [0.25, 0.3) is 0 Å². The van der Waals surface area contributed by atoms with Gasteiger partial charge < -0.3 is 14.1 Å². The minimum absolute atomic E-state index is 0.196. The molecule has 1 saturated heterocycles. The summed E-state index contributed by atoms with van der Waals surface area (Å²) in [5, 5.41) is 8.99. The SMILES string of the molecule is Cc1occc1C(=O)OC1CCCN(c2cc(C#N)ccn2)C1. The van der Waals surface area contributed by atoms with Crippen molar-refractivity contribution in [1.82, 2.24) is 4.98 Å². The molecule has 1 unspecified atom stereocenters. The maximum Gasteiger partial charge on any atom is 0.342 e. The molecule has 2 aromatic rings. The van der Waals surface area contributed by atoms with Gasteiger partial charge in [-0.25, -0.2) is 9.78 Å². The van der Waals surface area contributed by atoms with Crippen LogP contribution in [0.25, 0.3) is 0 Å². The van der Waals surface area contributed by atoms with Crippen LogP contribution in [0.1, 0.15) is 34.5 Å². The Bertz CT molecular complexity index is 748. The van der Waals surface area contributed by atoms with Gasteiger partial charge in [0.15, 0.2) is 0 Å². The van der Waals surface area contributed by atoms with Crippen LogP contribution in [0.3, 0.4) is 0 Å². The molecule has 1 atom stereocenters. The van der Waals surface area contributed by atoms with Gasteiger partial charge in [-0.05, 0) is 38.0 Å². The first-order valence-corrected chi connectivity index (χ1v) is 7.53. The van der Waals surface area contributed by atoms with Gasteiger partial charge in [-0.3, -0.25) is 0 Å². The number of aryl methyl sites for hydroxylation is 1. The highest BCUT2D eigenvalue weighted by Gasteiger charge is 2.25. The topological polar surface area (TPSA) is 79.4 Å². The minimum atomic E-state index is -0.359. The molecule has 3 heterocycles. The molecule has 0 spiro atoms. The molecule has 6 nitrogen and oxygen atoms in total. The van der Waals surface area contributed by atoms with Crippen LogP contribution in [-0.2, 0) is 4.74 Å². The first kappa shape index (κ1) is 15.1. The molecule has 118 valence electrons. The zero-order valence-corrected chi connectivity index (χ0v) is 12.9. The van der Waals surface area contributed by atoms with E-state index in [0.717, 1.165) is 25.2 Å². The number of furan rings is 1. The molecule has 0 bridgehead atoms. The highest BCUT2D eigenvalue weighted by atomic mass is 16.5. The van der Waals surface area contributed by atoms with Gasteiger partial charge in [-0.2, -0.15) is 5.26 Å². The predicted molar refractivity (Wildman–Crippen MR) is 83.0 cm³/mol. The van der Waals surface area contributed by atoms with Crippen molar-refractivity contribution in [1.29, 1.82) is 5.26 Å². The van der Waals surface area contributed by atoms with E-state index in [1.807, 2.05) is 4.90 Å². The second-order valence-electron chi connectivity index (χ2n) is 5.52. The standard InChI is InChI=1S/C17H17N3O3/c1-12-15(5-8-22-12)17(21)23-14-3-2-7-20(11-14)16-9-13(10-18)4-6-19-16/h4-6,8-9,14H,2-3,7,11H2,1H3. The lowest BCUT2D eigenvalue weighted by Gasteiger charge is -2.33. The van der Waals surface area contributed by atoms with E-state index in [1.54, 1.807) is 31.3 Å². The zero-order valence-electron chi connectivity index (χ0n) is 12.9. The molecule has 0 saturated carbocycles. The summed E-state index contributed by atoms with van der Waals surface area (Å²) < 4.78 is 10.7. The summed E-state index contributed by atoms with van der Waals surface area (Å²) in [5.74, 6) is 0.942. The number of esters is 1. The number of hydrogen-bond acceptors (Lipinski definition) is 6. The Kier molecular flexibility index (Phi) is 4.29. The second kappa shape index (κ2) is 6.53. The van der Waals surface area contributed by atoms with Crippen molar-refractivity contribution in [2.45, 2.75) is 25.9 Å². The number of rotatable bonds is 3. The maximum atomic E-state index is 12.2. The van der Waals surface area contributed by atoms with Crippen molar-refractivity contribution >= 4 is 11.8 Å². The Balaban J connectivity index is 1.67. The summed E-state index contributed by atoms with van der Waals surface area (Å²) in [4.78, 5) is 18.5. The second-order valence-corrected chi connectivity index (χ2v) is 5.52. The number of piperidine rings is 1. The van der Waals surface area contributed by atoms with Crippen molar-refractivity contribution in [3.05, 3.63) is 47.5 Å². The molecule has 1 aliphatic heterocycles. The van der Waals surface area contributed by atoms with Gasteiger partial charge in [-0.1, -0.05) is 0 Å². The van der Waals surface area contributed by atoms with Gasteiger partial charge in [0, 0.05) is 12.7 Å². The zero-order chi connectivity index (χ0) is 16.2. The van der Waals surface area contributed by atoms with E-state index in [1.165, 1.54) is 6.26 Å². The number of carbonyl (C=O) groups is 1. The lowest BCUT2D eigenvalue weighted by molar-refractivity contribution is 0.0267. The summed E-state index contributed by atoms with van der Waals surface area (Å²) in [6.07, 6.45) is 4.63. The minimum Gasteiger partial charge on any atom is -0.469 e. The first-order chi connectivity index (χ1) is 11.2. The molecular weight excluding hydrogens is 294 g/mol. The molecule has 0 amide bonds. The van der Waals surface area contributed by atoms with Crippen molar-refractivity contribution in [3.8, 4) is 6.07 Å². The van der Waals surface area contributed by atoms with E-state index in [4.69, 9.17) is 14.4 Å². The molecule has 0 radical (unpaired) electrons. The maximum absolute atomic E-state index is 12.2. The number of aromatic nitrogens is 1. The molecule has 23 heavy (non-hydrogen) atoms. The van der Waals surface area contributed by atoms with Crippen LogP contribution in [0.4, 0.5) is 5.82 Å². The van der Waals surface area contributed by atoms with Gasteiger partial charge in [-0.15, -0.1) is 0 Å². The van der Waals surface area contributed by atoms with Crippen LogP contribution in [0.15, 0.2) is 35.1 Å². The van der Waals surface area contributed by atoms with Crippen molar-refractivity contribution in [2.24, 2.45) is 0 Å².